The first-order valence-corrected chi connectivity index (χ1v) is 6.13. The van der Waals surface area contributed by atoms with Crippen LogP contribution in [-0.4, -0.2) is 20.9 Å². The lowest BCUT2D eigenvalue weighted by Gasteiger charge is -2.13. The fraction of sp³-hybridized carbons (Fsp3) is 0.0714. The lowest BCUT2D eigenvalue weighted by atomic mass is 9.89. The standard InChI is InChI=1S/C14H10N2O6/c17-14(18)13(9-5-1-3-7-11(9)15(19)20)10-6-2-4-8-12(10)16(21)22/h1-8,13H,(H,17,18). The van der Waals surface area contributed by atoms with E-state index in [2.05, 4.69) is 0 Å². The van der Waals surface area contributed by atoms with E-state index in [4.69, 9.17) is 0 Å². The van der Waals surface area contributed by atoms with E-state index in [-0.39, 0.29) is 11.1 Å². The average Bonchev–Trinajstić information content (AvgIpc) is 2.47. The molecule has 2 rings (SSSR count). The number of carbonyl (C=O) groups is 1. The topological polar surface area (TPSA) is 124 Å². The minimum atomic E-state index is -1.50. The Balaban J connectivity index is 2.71. The number of benzene rings is 2. The van der Waals surface area contributed by atoms with E-state index in [0.29, 0.717) is 0 Å². The first kappa shape index (κ1) is 15.1. The van der Waals surface area contributed by atoms with Crippen LogP contribution < -0.4 is 0 Å². The molecule has 0 radical (unpaired) electrons. The molecule has 0 amide bonds. The summed E-state index contributed by atoms with van der Waals surface area (Å²) in [6.07, 6.45) is 0. The Morgan fingerprint density at radius 2 is 1.23 bits per heavy atom. The van der Waals surface area contributed by atoms with Gasteiger partial charge in [-0.2, -0.15) is 0 Å². The van der Waals surface area contributed by atoms with E-state index in [1.165, 1.54) is 48.5 Å². The maximum atomic E-state index is 11.6. The Kier molecular flexibility index (Phi) is 4.12. The van der Waals surface area contributed by atoms with Gasteiger partial charge in [0, 0.05) is 23.3 Å². The Bertz CT molecular complexity index is 701. The number of rotatable bonds is 5. The molecule has 8 nitrogen and oxygen atoms in total. The van der Waals surface area contributed by atoms with Crippen molar-refractivity contribution >= 4 is 17.3 Å². The second kappa shape index (κ2) is 6.00. The van der Waals surface area contributed by atoms with Crippen molar-refractivity contribution in [2.75, 3.05) is 0 Å². The van der Waals surface area contributed by atoms with Crippen LogP contribution in [0.2, 0.25) is 0 Å². The van der Waals surface area contributed by atoms with Crippen molar-refractivity contribution in [3.05, 3.63) is 79.9 Å². The largest absolute Gasteiger partial charge is 0.481 e. The molecule has 0 atom stereocenters. The number of nitrogens with zero attached hydrogens (tertiary/aromatic N) is 2. The Hall–Kier alpha value is -3.29. The smallest absolute Gasteiger partial charge is 0.316 e. The highest BCUT2D eigenvalue weighted by Gasteiger charge is 2.33. The second-order valence-corrected chi connectivity index (χ2v) is 4.40. The Morgan fingerprint density at radius 1 is 0.864 bits per heavy atom. The zero-order valence-electron chi connectivity index (χ0n) is 11.1. The van der Waals surface area contributed by atoms with Gasteiger partial charge in [0.15, 0.2) is 0 Å². The van der Waals surface area contributed by atoms with Gasteiger partial charge in [0.1, 0.15) is 5.92 Å². The molecule has 0 aromatic heterocycles. The number of carboxylic acids is 1. The average molecular weight is 302 g/mol. The molecular weight excluding hydrogens is 292 g/mol. The number of aliphatic carboxylic acids is 1. The molecule has 0 heterocycles. The van der Waals surface area contributed by atoms with Crippen molar-refractivity contribution < 1.29 is 19.7 Å². The minimum Gasteiger partial charge on any atom is -0.481 e. The normalized spacial score (nSPS) is 10.4. The molecule has 0 spiro atoms. The zero-order chi connectivity index (χ0) is 16.3. The predicted octanol–water partition coefficient (Wildman–Crippen LogP) is 2.72. The summed E-state index contributed by atoms with van der Waals surface area (Å²) >= 11 is 0. The summed E-state index contributed by atoms with van der Waals surface area (Å²) in [6, 6.07) is 10.6. The molecule has 2 aromatic carbocycles. The SMILES string of the molecule is O=C(O)C(c1ccccc1[N+](=O)[O-])c1ccccc1[N+](=O)[O-]. The van der Waals surface area contributed by atoms with Crippen molar-refractivity contribution in [3.8, 4) is 0 Å². The highest BCUT2D eigenvalue weighted by Crippen LogP contribution is 2.36. The molecule has 0 bridgehead atoms. The fourth-order valence-corrected chi connectivity index (χ4v) is 2.23. The van der Waals surface area contributed by atoms with Crippen LogP contribution in [0.5, 0.6) is 0 Å². The highest BCUT2D eigenvalue weighted by atomic mass is 16.6. The summed E-state index contributed by atoms with van der Waals surface area (Å²) in [5, 5.41) is 31.6. The lowest BCUT2D eigenvalue weighted by molar-refractivity contribution is -0.386. The monoisotopic (exact) mass is 302 g/mol. The van der Waals surface area contributed by atoms with Crippen molar-refractivity contribution in [1.82, 2.24) is 0 Å². The number of nitro benzene ring substituents is 2. The summed E-state index contributed by atoms with van der Waals surface area (Å²) in [5.74, 6) is -2.90. The van der Waals surface area contributed by atoms with Crippen molar-refractivity contribution in [2.24, 2.45) is 0 Å². The Labute approximate surface area is 123 Å². The van der Waals surface area contributed by atoms with Gasteiger partial charge < -0.3 is 5.11 Å². The second-order valence-electron chi connectivity index (χ2n) is 4.40. The van der Waals surface area contributed by atoms with Gasteiger partial charge >= 0.3 is 5.97 Å². The van der Waals surface area contributed by atoms with Gasteiger partial charge in [-0.25, -0.2) is 0 Å². The molecule has 22 heavy (non-hydrogen) atoms. The van der Waals surface area contributed by atoms with Crippen LogP contribution >= 0.6 is 0 Å². The first-order chi connectivity index (χ1) is 10.4. The predicted molar refractivity (Wildman–Crippen MR) is 75.7 cm³/mol. The van der Waals surface area contributed by atoms with Crippen LogP contribution in [0, 0.1) is 20.2 Å². The fourth-order valence-electron chi connectivity index (χ4n) is 2.23. The first-order valence-electron chi connectivity index (χ1n) is 6.13. The van der Waals surface area contributed by atoms with E-state index in [9.17, 15) is 30.1 Å². The minimum absolute atomic E-state index is 0.102. The molecule has 0 fully saturated rings. The van der Waals surface area contributed by atoms with Gasteiger partial charge in [0.25, 0.3) is 11.4 Å². The quantitative estimate of drug-likeness (QED) is 0.669. The molecule has 2 aromatic rings. The van der Waals surface area contributed by atoms with Gasteiger partial charge in [-0.3, -0.25) is 25.0 Å². The van der Waals surface area contributed by atoms with Crippen LogP contribution in [0.1, 0.15) is 17.0 Å². The third-order valence-corrected chi connectivity index (χ3v) is 3.14. The number of nitro groups is 2. The maximum absolute atomic E-state index is 11.6. The molecule has 0 saturated heterocycles. The number of para-hydroxylation sites is 2. The molecule has 0 aliphatic carbocycles. The lowest BCUT2D eigenvalue weighted by Crippen LogP contribution is -2.16. The Morgan fingerprint density at radius 3 is 1.55 bits per heavy atom. The third-order valence-electron chi connectivity index (χ3n) is 3.14. The number of hydrogen-bond donors (Lipinski definition) is 1. The van der Waals surface area contributed by atoms with Crippen LogP contribution in [0.25, 0.3) is 0 Å². The summed E-state index contributed by atoms with van der Waals surface area (Å²) < 4.78 is 0. The molecule has 0 aliphatic heterocycles. The molecule has 0 aliphatic rings. The van der Waals surface area contributed by atoms with Crippen LogP contribution in [-0.2, 0) is 4.79 Å². The van der Waals surface area contributed by atoms with Crippen LogP contribution in [0.3, 0.4) is 0 Å². The van der Waals surface area contributed by atoms with E-state index in [1.54, 1.807) is 0 Å². The van der Waals surface area contributed by atoms with Gasteiger partial charge in [0.2, 0.25) is 0 Å². The summed E-state index contributed by atoms with van der Waals surface area (Å²) in [5.41, 5.74) is -0.996. The van der Waals surface area contributed by atoms with Crippen LogP contribution in [0.15, 0.2) is 48.5 Å². The third kappa shape index (κ3) is 2.75. The van der Waals surface area contributed by atoms with Crippen molar-refractivity contribution in [3.63, 3.8) is 0 Å². The molecule has 8 heteroatoms. The van der Waals surface area contributed by atoms with Crippen LogP contribution in [0.4, 0.5) is 11.4 Å². The van der Waals surface area contributed by atoms with Crippen molar-refractivity contribution in [2.45, 2.75) is 5.92 Å². The van der Waals surface area contributed by atoms with Crippen molar-refractivity contribution in [1.29, 1.82) is 0 Å². The molecular formula is C14H10N2O6. The zero-order valence-corrected chi connectivity index (χ0v) is 11.1. The van der Waals surface area contributed by atoms with E-state index < -0.39 is 33.1 Å². The van der Waals surface area contributed by atoms with E-state index in [0.717, 1.165) is 0 Å². The van der Waals surface area contributed by atoms with E-state index >= 15 is 0 Å². The molecule has 112 valence electrons. The maximum Gasteiger partial charge on any atom is 0.316 e. The van der Waals surface area contributed by atoms with Gasteiger partial charge in [-0.1, -0.05) is 36.4 Å². The molecule has 0 unspecified atom stereocenters. The molecule has 0 saturated carbocycles. The summed E-state index contributed by atoms with van der Waals surface area (Å²) in [4.78, 5) is 32.3. The van der Waals surface area contributed by atoms with Gasteiger partial charge in [-0.15, -0.1) is 0 Å². The summed E-state index contributed by atoms with van der Waals surface area (Å²) in [6.45, 7) is 0. The van der Waals surface area contributed by atoms with Gasteiger partial charge in [-0.05, 0) is 0 Å². The highest BCUT2D eigenvalue weighted by molar-refractivity contribution is 5.83. The number of carboxylic acid groups (broad SMARTS) is 1. The van der Waals surface area contributed by atoms with E-state index in [1.807, 2.05) is 0 Å². The summed E-state index contributed by atoms with van der Waals surface area (Å²) in [7, 11) is 0. The molecule has 1 N–H and O–H groups in total. The number of hydrogen-bond acceptors (Lipinski definition) is 5. The van der Waals surface area contributed by atoms with Gasteiger partial charge in [0.05, 0.1) is 9.85 Å².